The largest absolute Gasteiger partial charge is 0.477 e. The first kappa shape index (κ1) is 16.6. The topological polar surface area (TPSA) is 106 Å². The molecule has 0 amide bonds. The van der Waals surface area contributed by atoms with E-state index in [1.807, 2.05) is 13.0 Å². The molecule has 2 N–H and O–H groups in total. The highest BCUT2D eigenvalue weighted by Gasteiger charge is 2.13. The van der Waals surface area contributed by atoms with Crippen molar-refractivity contribution in [3.8, 4) is 11.4 Å². The zero-order valence-electron chi connectivity index (χ0n) is 14.1. The average Bonchev–Trinajstić information content (AvgIpc) is 2.97. The number of aryl methyl sites for hydroxylation is 1. The van der Waals surface area contributed by atoms with Crippen LogP contribution in [0.2, 0.25) is 0 Å². The minimum atomic E-state index is -1.07. The number of hydrogen-bond acceptors (Lipinski definition) is 6. The average molecular weight is 338 g/mol. The van der Waals surface area contributed by atoms with Crippen molar-refractivity contribution in [2.45, 2.75) is 26.8 Å². The van der Waals surface area contributed by atoms with Crippen LogP contribution in [0.5, 0.6) is 0 Å². The number of aromatic nitrogens is 5. The van der Waals surface area contributed by atoms with Gasteiger partial charge in [0.15, 0.2) is 0 Å². The summed E-state index contributed by atoms with van der Waals surface area (Å²) in [5.41, 5.74) is 2.26. The molecule has 0 saturated heterocycles. The van der Waals surface area contributed by atoms with E-state index in [0.717, 1.165) is 17.2 Å². The highest BCUT2D eigenvalue weighted by Crippen LogP contribution is 2.24. The first-order valence-corrected chi connectivity index (χ1v) is 7.79. The molecule has 3 aromatic heterocycles. The van der Waals surface area contributed by atoms with Crippen LogP contribution >= 0.6 is 0 Å². The maximum absolute atomic E-state index is 10.8. The van der Waals surface area contributed by atoms with E-state index in [9.17, 15) is 4.79 Å². The Morgan fingerprint density at radius 3 is 2.60 bits per heavy atom. The zero-order valence-corrected chi connectivity index (χ0v) is 14.1. The Balaban J connectivity index is 1.88. The number of pyridine rings is 1. The van der Waals surface area contributed by atoms with Gasteiger partial charge in [-0.15, -0.1) is 0 Å². The molecule has 0 fully saturated rings. The Morgan fingerprint density at radius 2 is 1.96 bits per heavy atom. The summed E-state index contributed by atoms with van der Waals surface area (Å²) >= 11 is 0. The number of hydrogen-bond donors (Lipinski definition) is 2. The van der Waals surface area contributed by atoms with Gasteiger partial charge < -0.3 is 15.0 Å². The van der Waals surface area contributed by atoms with Gasteiger partial charge in [0.05, 0.1) is 29.5 Å². The van der Waals surface area contributed by atoms with Gasteiger partial charge in [-0.1, -0.05) is 0 Å². The SMILES string of the molecule is Cc1ncc(-c2ccnc(Nc3ccc(C(=O)O)nc3)n2)n1C(C)C. The van der Waals surface area contributed by atoms with Crippen LogP contribution in [-0.2, 0) is 0 Å². The van der Waals surface area contributed by atoms with Crippen molar-refractivity contribution < 1.29 is 9.90 Å². The minimum Gasteiger partial charge on any atom is -0.477 e. The monoisotopic (exact) mass is 338 g/mol. The highest BCUT2D eigenvalue weighted by molar-refractivity contribution is 5.85. The number of nitrogens with one attached hydrogen (secondary N) is 1. The lowest BCUT2D eigenvalue weighted by Crippen LogP contribution is -2.06. The van der Waals surface area contributed by atoms with E-state index in [-0.39, 0.29) is 11.7 Å². The van der Waals surface area contributed by atoms with E-state index >= 15 is 0 Å². The number of rotatable bonds is 5. The Labute approximate surface area is 144 Å². The third-order valence-corrected chi connectivity index (χ3v) is 3.65. The van der Waals surface area contributed by atoms with Crippen LogP contribution in [0.15, 0.2) is 36.8 Å². The summed E-state index contributed by atoms with van der Waals surface area (Å²) in [4.78, 5) is 27.8. The van der Waals surface area contributed by atoms with Gasteiger partial charge in [-0.2, -0.15) is 0 Å². The summed E-state index contributed by atoms with van der Waals surface area (Å²) in [6.45, 7) is 6.14. The lowest BCUT2D eigenvalue weighted by atomic mass is 10.2. The van der Waals surface area contributed by atoms with E-state index in [1.54, 1.807) is 18.5 Å². The summed E-state index contributed by atoms with van der Waals surface area (Å²) in [5, 5.41) is 11.9. The number of anilines is 2. The van der Waals surface area contributed by atoms with Crippen molar-refractivity contribution in [3.63, 3.8) is 0 Å². The molecule has 25 heavy (non-hydrogen) atoms. The quantitative estimate of drug-likeness (QED) is 0.736. The first-order valence-electron chi connectivity index (χ1n) is 7.79. The summed E-state index contributed by atoms with van der Waals surface area (Å²) in [6.07, 6.45) is 4.89. The fourth-order valence-electron chi connectivity index (χ4n) is 2.58. The standard InChI is InChI=1S/C17H18N6O2/c1-10(2)23-11(3)19-9-15(23)13-6-7-18-17(22-13)21-12-4-5-14(16(24)25)20-8-12/h4-10H,1-3H3,(H,24,25)(H,18,21,22). The van der Waals surface area contributed by atoms with E-state index in [4.69, 9.17) is 5.11 Å². The molecule has 0 aliphatic heterocycles. The third kappa shape index (κ3) is 3.47. The molecule has 3 heterocycles. The van der Waals surface area contributed by atoms with Gasteiger partial charge in [0.1, 0.15) is 11.5 Å². The number of nitrogens with zero attached hydrogens (tertiary/aromatic N) is 5. The van der Waals surface area contributed by atoms with Gasteiger partial charge in [0, 0.05) is 12.2 Å². The second-order valence-corrected chi connectivity index (χ2v) is 5.78. The smallest absolute Gasteiger partial charge is 0.354 e. The van der Waals surface area contributed by atoms with Gasteiger partial charge in [0.2, 0.25) is 5.95 Å². The van der Waals surface area contributed by atoms with Gasteiger partial charge in [-0.05, 0) is 39.0 Å². The number of carboxylic acid groups (broad SMARTS) is 1. The molecular formula is C17H18N6O2. The molecule has 128 valence electrons. The molecule has 0 aliphatic carbocycles. The lowest BCUT2D eigenvalue weighted by molar-refractivity contribution is 0.0690. The summed E-state index contributed by atoms with van der Waals surface area (Å²) in [6, 6.07) is 5.13. The van der Waals surface area contributed by atoms with Crippen molar-refractivity contribution >= 4 is 17.6 Å². The normalized spacial score (nSPS) is 10.9. The zero-order chi connectivity index (χ0) is 18.0. The van der Waals surface area contributed by atoms with E-state index in [1.165, 1.54) is 12.3 Å². The summed E-state index contributed by atoms with van der Waals surface area (Å²) < 4.78 is 2.11. The fourth-order valence-corrected chi connectivity index (χ4v) is 2.58. The Kier molecular flexibility index (Phi) is 4.42. The number of carboxylic acids is 1. The predicted molar refractivity (Wildman–Crippen MR) is 92.9 cm³/mol. The second kappa shape index (κ2) is 6.68. The molecule has 0 spiro atoms. The number of aromatic carboxylic acids is 1. The molecule has 0 bridgehead atoms. The number of imidazole rings is 1. The van der Waals surface area contributed by atoms with Crippen molar-refractivity contribution in [3.05, 3.63) is 48.3 Å². The van der Waals surface area contributed by atoms with Crippen LogP contribution in [0.3, 0.4) is 0 Å². The summed E-state index contributed by atoms with van der Waals surface area (Å²) in [5.74, 6) is 0.255. The molecular weight excluding hydrogens is 320 g/mol. The van der Waals surface area contributed by atoms with Gasteiger partial charge in [-0.25, -0.2) is 24.7 Å². The van der Waals surface area contributed by atoms with Crippen LogP contribution in [0.1, 0.15) is 36.2 Å². The predicted octanol–water partition coefficient (Wildman–Crippen LogP) is 3.07. The third-order valence-electron chi connectivity index (χ3n) is 3.65. The van der Waals surface area contributed by atoms with E-state index < -0.39 is 5.97 Å². The van der Waals surface area contributed by atoms with Crippen molar-refractivity contribution in [2.24, 2.45) is 0 Å². The molecule has 3 aromatic rings. The van der Waals surface area contributed by atoms with Gasteiger partial charge in [-0.3, -0.25) is 0 Å². The summed E-state index contributed by atoms with van der Waals surface area (Å²) in [7, 11) is 0. The van der Waals surface area contributed by atoms with Crippen LogP contribution in [0, 0.1) is 6.92 Å². The van der Waals surface area contributed by atoms with Crippen LogP contribution in [0.25, 0.3) is 11.4 Å². The molecule has 0 aromatic carbocycles. The highest BCUT2D eigenvalue weighted by atomic mass is 16.4. The van der Waals surface area contributed by atoms with Crippen LogP contribution < -0.4 is 5.32 Å². The Hall–Kier alpha value is -3.29. The van der Waals surface area contributed by atoms with Crippen LogP contribution in [0.4, 0.5) is 11.6 Å². The first-order chi connectivity index (χ1) is 12.0. The molecule has 3 rings (SSSR count). The number of carbonyl (C=O) groups is 1. The molecule has 8 nitrogen and oxygen atoms in total. The van der Waals surface area contributed by atoms with E-state index in [2.05, 4.69) is 43.7 Å². The molecule has 0 unspecified atom stereocenters. The van der Waals surface area contributed by atoms with Crippen molar-refractivity contribution in [1.82, 2.24) is 24.5 Å². The van der Waals surface area contributed by atoms with E-state index in [0.29, 0.717) is 11.6 Å². The molecule has 0 radical (unpaired) electrons. The van der Waals surface area contributed by atoms with Crippen molar-refractivity contribution in [1.29, 1.82) is 0 Å². The van der Waals surface area contributed by atoms with Crippen molar-refractivity contribution in [2.75, 3.05) is 5.32 Å². The second-order valence-electron chi connectivity index (χ2n) is 5.78. The van der Waals surface area contributed by atoms with Crippen LogP contribution in [-0.4, -0.2) is 35.6 Å². The molecule has 0 atom stereocenters. The molecule has 0 saturated carbocycles. The Bertz CT molecular complexity index is 902. The molecule has 8 heteroatoms. The van der Waals surface area contributed by atoms with Gasteiger partial charge >= 0.3 is 5.97 Å². The lowest BCUT2D eigenvalue weighted by Gasteiger charge is -2.14. The van der Waals surface area contributed by atoms with Gasteiger partial charge in [0.25, 0.3) is 0 Å². The maximum Gasteiger partial charge on any atom is 0.354 e. The fraction of sp³-hybridized carbons (Fsp3) is 0.235. The maximum atomic E-state index is 10.8. The minimum absolute atomic E-state index is 0.0171. The molecule has 0 aliphatic rings. The Morgan fingerprint density at radius 1 is 1.16 bits per heavy atom.